The van der Waals surface area contributed by atoms with E-state index in [1.165, 1.54) is 24.4 Å². The van der Waals surface area contributed by atoms with E-state index in [0.717, 1.165) is 11.3 Å². The number of rotatable bonds is 6. The van der Waals surface area contributed by atoms with Gasteiger partial charge in [0.25, 0.3) is 5.91 Å². The minimum Gasteiger partial charge on any atom is -0.496 e. The number of thioether (sulfide) groups is 1. The molecule has 150 valence electrons. The first-order chi connectivity index (χ1) is 14.0. The van der Waals surface area contributed by atoms with Gasteiger partial charge in [0, 0.05) is 5.75 Å². The molecule has 0 fully saturated rings. The fraction of sp³-hybridized carbons (Fsp3) is 0.200. The highest BCUT2D eigenvalue weighted by atomic mass is 32.2. The Morgan fingerprint density at radius 3 is 2.62 bits per heavy atom. The van der Waals surface area contributed by atoms with E-state index >= 15 is 0 Å². The quantitative estimate of drug-likeness (QED) is 0.461. The zero-order valence-electron chi connectivity index (χ0n) is 16.3. The van der Waals surface area contributed by atoms with Crippen molar-refractivity contribution in [3.63, 3.8) is 0 Å². The van der Waals surface area contributed by atoms with Gasteiger partial charge in [-0.25, -0.2) is 4.68 Å². The molecule has 3 aromatic rings. The van der Waals surface area contributed by atoms with Crippen molar-refractivity contribution in [3.05, 3.63) is 71.0 Å². The van der Waals surface area contributed by atoms with Gasteiger partial charge in [-0.1, -0.05) is 54.2 Å². The maximum absolute atomic E-state index is 12.6. The van der Waals surface area contributed by atoms with E-state index in [1.54, 1.807) is 23.7 Å². The van der Waals surface area contributed by atoms with Crippen LogP contribution in [-0.2, 0) is 5.75 Å². The van der Waals surface area contributed by atoms with Crippen molar-refractivity contribution in [1.29, 1.82) is 0 Å². The number of carbonyl (C=O) groups excluding carboxylic acids is 1. The predicted molar refractivity (Wildman–Crippen MR) is 118 cm³/mol. The lowest BCUT2D eigenvalue weighted by molar-refractivity contribution is 0.0974. The largest absolute Gasteiger partial charge is 0.496 e. The first-order valence-corrected chi connectivity index (χ1v) is 10.2. The molecule has 1 amide bonds. The van der Waals surface area contributed by atoms with Crippen molar-refractivity contribution in [2.24, 2.45) is 0 Å². The van der Waals surface area contributed by atoms with E-state index in [-0.39, 0.29) is 11.0 Å². The standard InChI is InChI=1S/C20H21N5O2S2/c1-13-8-7-11-16(17(13)27-3)18(26)21-19(28)24-25-14(2)22-23-20(25)29-12-15-9-5-4-6-10-15/h4-11H,12H2,1-3H3,(H2,21,24,26,28). The molecule has 29 heavy (non-hydrogen) atoms. The molecule has 0 radical (unpaired) electrons. The lowest BCUT2D eigenvalue weighted by Crippen LogP contribution is -2.38. The summed E-state index contributed by atoms with van der Waals surface area (Å²) in [7, 11) is 1.53. The van der Waals surface area contributed by atoms with Gasteiger partial charge in [0.05, 0.1) is 12.7 Å². The molecule has 0 aliphatic carbocycles. The number of amides is 1. The molecule has 3 rings (SSSR count). The van der Waals surface area contributed by atoms with Crippen molar-refractivity contribution >= 4 is 35.0 Å². The van der Waals surface area contributed by atoms with Crippen LogP contribution in [0.1, 0.15) is 27.3 Å². The van der Waals surface area contributed by atoms with Gasteiger partial charge in [-0.3, -0.25) is 15.5 Å². The third-order valence-corrected chi connectivity index (χ3v) is 5.30. The van der Waals surface area contributed by atoms with Gasteiger partial charge < -0.3 is 4.74 Å². The second-order valence-corrected chi connectivity index (χ2v) is 7.54. The van der Waals surface area contributed by atoms with Crippen molar-refractivity contribution in [3.8, 4) is 5.75 Å². The Morgan fingerprint density at radius 1 is 1.14 bits per heavy atom. The van der Waals surface area contributed by atoms with E-state index in [4.69, 9.17) is 17.0 Å². The number of ether oxygens (including phenoxy) is 1. The first-order valence-electron chi connectivity index (χ1n) is 8.84. The highest BCUT2D eigenvalue weighted by Gasteiger charge is 2.17. The summed E-state index contributed by atoms with van der Waals surface area (Å²) in [5.41, 5.74) is 5.43. The summed E-state index contributed by atoms with van der Waals surface area (Å²) in [6.45, 7) is 3.68. The Morgan fingerprint density at radius 2 is 1.90 bits per heavy atom. The average molecular weight is 428 g/mol. The number of para-hydroxylation sites is 1. The fourth-order valence-electron chi connectivity index (χ4n) is 2.69. The number of nitrogens with one attached hydrogen (secondary N) is 2. The molecule has 0 aliphatic heterocycles. The molecule has 2 aromatic carbocycles. The van der Waals surface area contributed by atoms with E-state index in [9.17, 15) is 4.79 Å². The van der Waals surface area contributed by atoms with Crippen LogP contribution in [0.15, 0.2) is 53.7 Å². The number of methoxy groups -OCH3 is 1. The molecule has 1 aromatic heterocycles. The fourth-order valence-corrected chi connectivity index (χ4v) is 3.77. The number of thiocarbonyl (C=S) groups is 1. The molecule has 0 saturated carbocycles. The van der Waals surface area contributed by atoms with E-state index in [1.807, 2.05) is 43.3 Å². The van der Waals surface area contributed by atoms with Crippen LogP contribution < -0.4 is 15.5 Å². The summed E-state index contributed by atoms with van der Waals surface area (Å²) in [6, 6.07) is 15.4. The number of hydrogen-bond acceptors (Lipinski definition) is 6. The Kier molecular flexibility index (Phi) is 6.84. The number of carbonyl (C=O) groups is 1. The van der Waals surface area contributed by atoms with Crippen molar-refractivity contribution in [1.82, 2.24) is 20.2 Å². The van der Waals surface area contributed by atoms with Crippen molar-refractivity contribution < 1.29 is 9.53 Å². The Labute approximate surface area is 178 Å². The van der Waals surface area contributed by atoms with Crippen LogP contribution in [0.4, 0.5) is 0 Å². The third kappa shape index (κ3) is 5.12. The Bertz CT molecular complexity index is 1020. The van der Waals surface area contributed by atoms with Crippen LogP contribution in [0, 0.1) is 13.8 Å². The molecule has 0 atom stereocenters. The van der Waals surface area contributed by atoms with Crippen LogP contribution in [0.25, 0.3) is 0 Å². The summed E-state index contributed by atoms with van der Waals surface area (Å²) < 4.78 is 7.00. The van der Waals surface area contributed by atoms with Crippen molar-refractivity contribution in [2.45, 2.75) is 24.8 Å². The Hall–Kier alpha value is -2.91. The molecule has 2 N–H and O–H groups in total. The van der Waals surface area contributed by atoms with Crippen LogP contribution in [-0.4, -0.2) is 33.0 Å². The van der Waals surface area contributed by atoms with Gasteiger partial charge in [0.2, 0.25) is 5.16 Å². The second kappa shape index (κ2) is 9.53. The number of aryl methyl sites for hydroxylation is 2. The number of benzene rings is 2. The van der Waals surface area contributed by atoms with Crippen LogP contribution >= 0.6 is 24.0 Å². The highest BCUT2D eigenvalue weighted by molar-refractivity contribution is 7.98. The summed E-state index contributed by atoms with van der Waals surface area (Å²) in [5, 5.41) is 11.7. The third-order valence-electron chi connectivity index (χ3n) is 4.11. The van der Waals surface area contributed by atoms with Gasteiger partial charge in [0.1, 0.15) is 11.6 Å². The molecule has 0 spiro atoms. The number of aromatic nitrogens is 3. The maximum Gasteiger partial charge on any atom is 0.261 e. The molecule has 0 saturated heterocycles. The Balaban J connectivity index is 1.67. The second-order valence-electron chi connectivity index (χ2n) is 6.19. The molecule has 1 heterocycles. The van der Waals surface area contributed by atoms with E-state index < -0.39 is 0 Å². The smallest absolute Gasteiger partial charge is 0.261 e. The van der Waals surface area contributed by atoms with Crippen molar-refractivity contribution in [2.75, 3.05) is 12.5 Å². The van der Waals surface area contributed by atoms with Gasteiger partial charge in [-0.05, 0) is 43.3 Å². The van der Waals surface area contributed by atoms with Gasteiger partial charge in [-0.2, -0.15) is 0 Å². The van der Waals surface area contributed by atoms with E-state index in [0.29, 0.717) is 22.3 Å². The molecule has 7 nitrogen and oxygen atoms in total. The highest BCUT2D eigenvalue weighted by Crippen LogP contribution is 2.23. The van der Waals surface area contributed by atoms with E-state index in [2.05, 4.69) is 20.9 Å². The maximum atomic E-state index is 12.6. The van der Waals surface area contributed by atoms with Crippen LogP contribution in [0.3, 0.4) is 0 Å². The SMILES string of the molecule is COc1c(C)cccc1C(=O)NC(=S)Nn1c(C)nnc1SCc1ccccc1. The monoisotopic (exact) mass is 427 g/mol. The van der Waals surface area contributed by atoms with Gasteiger partial charge >= 0.3 is 0 Å². The zero-order valence-corrected chi connectivity index (χ0v) is 17.9. The summed E-state index contributed by atoms with van der Waals surface area (Å²) in [4.78, 5) is 12.6. The summed E-state index contributed by atoms with van der Waals surface area (Å²) in [5.74, 6) is 1.53. The average Bonchev–Trinajstić information content (AvgIpc) is 3.06. The minimum atomic E-state index is -0.354. The lowest BCUT2D eigenvalue weighted by Gasteiger charge is -2.14. The lowest BCUT2D eigenvalue weighted by atomic mass is 10.1. The summed E-state index contributed by atoms with van der Waals surface area (Å²) in [6.07, 6.45) is 0. The predicted octanol–water partition coefficient (Wildman–Crippen LogP) is 3.45. The van der Waals surface area contributed by atoms with Crippen LogP contribution in [0.5, 0.6) is 5.75 Å². The van der Waals surface area contributed by atoms with Gasteiger partial charge in [-0.15, -0.1) is 10.2 Å². The number of nitrogens with zero attached hydrogens (tertiary/aromatic N) is 3. The minimum absolute atomic E-state index is 0.142. The molecular weight excluding hydrogens is 406 g/mol. The van der Waals surface area contributed by atoms with Gasteiger partial charge in [0.15, 0.2) is 5.11 Å². The van der Waals surface area contributed by atoms with Crippen LogP contribution in [0.2, 0.25) is 0 Å². The molecule has 0 unspecified atom stereocenters. The summed E-state index contributed by atoms with van der Waals surface area (Å²) >= 11 is 6.84. The normalized spacial score (nSPS) is 10.4. The molecule has 0 aliphatic rings. The molecule has 9 heteroatoms. The topological polar surface area (TPSA) is 81.1 Å². The first kappa shape index (κ1) is 20.8. The zero-order chi connectivity index (χ0) is 20.8. The molecule has 0 bridgehead atoms. The number of hydrogen-bond donors (Lipinski definition) is 2. The molecular formula is C20H21N5O2S2.